The highest BCUT2D eigenvalue weighted by Gasteiger charge is 2.03. The van der Waals surface area contributed by atoms with E-state index in [0.717, 1.165) is 11.3 Å². The zero-order valence-electron chi connectivity index (χ0n) is 9.10. The molecule has 0 aliphatic rings. The van der Waals surface area contributed by atoms with Crippen LogP contribution in [0.3, 0.4) is 0 Å². The van der Waals surface area contributed by atoms with Gasteiger partial charge >= 0.3 is 0 Å². The van der Waals surface area contributed by atoms with Crippen molar-refractivity contribution in [2.75, 3.05) is 5.32 Å². The average Bonchev–Trinajstić information content (AvgIpc) is 2.08. The first kappa shape index (κ1) is 12.3. The molecule has 1 aromatic carbocycles. The summed E-state index contributed by atoms with van der Waals surface area (Å²) in [6.07, 6.45) is 0. The number of aryl methyl sites for hydroxylation is 1. The van der Waals surface area contributed by atoms with Crippen molar-refractivity contribution in [1.29, 1.82) is 0 Å². The highest BCUT2D eigenvalue weighted by molar-refractivity contribution is 7.80. The molecule has 0 aliphatic heterocycles. The molecule has 0 aliphatic carbocycles. The van der Waals surface area contributed by atoms with Crippen molar-refractivity contribution in [1.82, 2.24) is 5.32 Å². The minimum Gasteiger partial charge on any atom is -0.360 e. The molecule has 4 heteroatoms. The molecule has 0 heterocycles. The maximum Gasteiger partial charge on any atom is 0.171 e. The molecule has 0 saturated heterocycles. The Hall–Kier alpha value is -0.800. The van der Waals surface area contributed by atoms with Gasteiger partial charge in [0, 0.05) is 6.04 Å². The van der Waals surface area contributed by atoms with Crippen LogP contribution >= 0.6 is 23.8 Å². The summed E-state index contributed by atoms with van der Waals surface area (Å²) in [5, 5.41) is 7.43. The lowest BCUT2D eigenvalue weighted by atomic mass is 10.2. The zero-order valence-corrected chi connectivity index (χ0v) is 10.7. The van der Waals surface area contributed by atoms with Crippen molar-refractivity contribution in [3.63, 3.8) is 0 Å². The number of nitrogens with one attached hydrogen (secondary N) is 2. The highest BCUT2D eigenvalue weighted by atomic mass is 35.5. The fraction of sp³-hybridized carbons (Fsp3) is 0.364. The first-order chi connectivity index (χ1) is 6.99. The van der Waals surface area contributed by atoms with E-state index in [1.165, 1.54) is 0 Å². The molecule has 1 aromatic rings. The number of thiocarbonyl (C=S) groups is 1. The van der Waals surface area contributed by atoms with Crippen molar-refractivity contribution in [3.05, 3.63) is 28.8 Å². The van der Waals surface area contributed by atoms with E-state index in [4.69, 9.17) is 23.8 Å². The van der Waals surface area contributed by atoms with Gasteiger partial charge in [0.2, 0.25) is 0 Å². The summed E-state index contributed by atoms with van der Waals surface area (Å²) >= 11 is 11.2. The number of anilines is 1. The lowest BCUT2D eigenvalue weighted by molar-refractivity contribution is 0.739. The molecule has 2 nitrogen and oxygen atoms in total. The van der Waals surface area contributed by atoms with E-state index in [-0.39, 0.29) is 0 Å². The maximum atomic E-state index is 6.06. The Morgan fingerprint density at radius 3 is 2.60 bits per heavy atom. The molecule has 0 amide bonds. The lowest BCUT2D eigenvalue weighted by Gasteiger charge is -2.14. The van der Waals surface area contributed by atoms with Crippen LogP contribution in [0.1, 0.15) is 19.4 Å². The Labute approximate surface area is 101 Å². The molecule has 0 radical (unpaired) electrons. The zero-order chi connectivity index (χ0) is 11.4. The Morgan fingerprint density at radius 1 is 1.40 bits per heavy atom. The van der Waals surface area contributed by atoms with Crippen molar-refractivity contribution >= 4 is 34.6 Å². The number of rotatable bonds is 2. The quantitative estimate of drug-likeness (QED) is 0.778. The van der Waals surface area contributed by atoms with Crippen LogP contribution in [0, 0.1) is 6.92 Å². The Morgan fingerprint density at radius 2 is 2.07 bits per heavy atom. The SMILES string of the molecule is Cc1ccc(NC(=S)NC(C)C)c(Cl)c1. The van der Waals surface area contributed by atoms with Crippen LogP contribution in [0.2, 0.25) is 5.02 Å². The van der Waals surface area contributed by atoms with E-state index in [0.29, 0.717) is 16.2 Å². The van der Waals surface area contributed by atoms with Crippen LogP contribution in [0.15, 0.2) is 18.2 Å². The molecule has 0 saturated carbocycles. The van der Waals surface area contributed by atoms with Crippen molar-refractivity contribution in [3.8, 4) is 0 Å². The summed E-state index contributed by atoms with van der Waals surface area (Å²) in [4.78, 5) is 0. The van der Waals surface area contributed by atoms with Gasteiger partial charge in [0.1, 0.15) is 0 Å². The molecular formula is C11H15ClN2S. The third-order valence-electron chi connectivity index (χ3n) is 1.79. The van der Waals surface area contributed by atoms with E-state index in [9.17, 15) is 0 Å². The average molecular weight is 243 g/mol. The summed E-state index contributed by atoms with van der Waals surface area (Å²) in [6, 6.07) is 6.13. The molecule has 0 spiro atoms. The van der Waals surface area contributed by atoms with E-state index >= 15 is 0 Å². The predicted molar refractivity (Wildman–Crippen MR) is 70.7 cm³/mol. The van der Waals surface area contributed by atoms with Gasteiger partial charge in [0.25, 0.3) is 0 Å². The standard InChI is InChI=1S/C11H15ClN2S/c1-7(2)13-11(15)14-10-5-4-8(3)6-9(10)12/h4-7H,1-3H3,(H2,13,14,15). The second-order valence-corrected chi connectivity index (χ2v) is 4.55. The van der Waals surface area contributed by atoms with Gasteiger partial charge in [-0.2, -0.15) is 0 Å². The molecule has 82 valence electrons. The van der Waals surface area contributed by atoms with Crippen LogP contribution in [-0.2, 0) is 0 Å². The van der Waals surface area contributed by atoms with Crippen LogP contribution < -0.4 is 10.6 Å². The molecule has 0 fully saturated rings. The van der Waals surface area contributed by atoms with Crippen LogP contribution in [0.25, 0.3) is 0 Å². The number of hydrogen-bond acceptors (Lipinski definition) is 1. The van der Waals surface area contributed by atoms with Crippen LogP contribution in [0.5, 0.6) is 0 Å². The maximum absolute atomic E-state index is 6.06. The van der Waals surface area contributed by atoms with Crippen molar-refractivity contribution in [2.45, 2.75) is 26.8 Å². The van der Waals surface area contributed by atoms with Gasteiger partial charge < -0.3 is 10.6 Å². The summed E-state index contributed by atoms with van der Waals surface area (Å²) in [5.41, 5.74) is 1.97. The largest absolute Gasteiger partial charge is 0.360 e. The number of hydrogen-bond donors (Lipinski definition) is 2. The summed E-state index contributed by atoms with van der Waals surface area (Å²) in [6.45, 7) is 6.07. The third-order valence-corrected chi connectivity index (χ3v) is 2.33. The van der Waals surface area contributed by atoms with E-state index in [2.05, 4.69) is 10.6 Å². The van der Waals surface area contributed by atoms with Gasteiger partial charge in [0.05, 0.1) is 10.7 Å². The smallest absolute Gasteiger partial charge is 0.171 e. The molecule has 0 atom stereocenters. The molecule has 0 bridgehead atoms. The van der Waals surface area contributed by atoms with Gasteiger partial charge in [-0.05, 0) is 50.7 Å². The van der Waals surface area contributed by atoms with E-state index in [1.54, 1.807) is 0 Å². The fourth-order valence-electron chi connectivity index (χ4n) is 1.14. The third kappa shape index (κ3) is 4.06. The van der Waals surface area contributed by atoms with E-state index < -0.39 is 0 Å². The van der Waals surface area contributed by atoms with Gasteiger partial charge in [-0.15, -0.1) is 0 Å². The second-order valence-electron chi connectivity index (χ2n) is 3.74. The first-order valence-corrected chi connectivity index (χ1v) is 5.61. The Balaban J connectivity index is 2.68. The fourth-order valence-corrected chi connectivity index (χ4v) is 1.77. The lowest BCUT2D eigenvalue weighted by Crippen LogP contribution is -2.33. The molecule has 0 unspecified atom stereocenters. The van der Waals surface area contributed by atoms with Crippen LogP contribution in [0.4, 0.5) is 5.69 Å². The predicted octanol–water partition coefficient (Wildman–Crippen LogP) is 3.34. The Kier molecular flexibility index (Phi) is 4.36. The molecule has 15 heavy (non-hydrogen) atoms. The molecule has 0 aromatic heterocycles. The van der Waals surface area contributed by atoms with Gasteiger partial charge in [-0.3, -0.25) is 0 Å². The molecule has 2 N–H and O–H groups in total. The minimum absolute atomic E-state index is 0.314. The number of halogens is 1. The van der Waals surface area contributed by atoms with Crippen molar-refractivity contribution in [2.24, 2.45) is 0 Å². The normalized spacial score (nSPS) is 10.2. The monoisotopic (exact) mass is 242 g/mol. The van der Waals surface area contributed by atoms with Crippen molar-refractivity contribution < 1.29 is 0 Å². The Bertz CT molecular complexity index is 364. The summed E-state index contributed by atoms with van der Waals surface area (Å²) in [7, 11) is 0. The van der Waals surface area contributed by atoms with Gasteiger partial charge in [-0.1, -0.05) is 17.7 Å². The molecule has 1 rings (SSSR count). The van der Waals surface area contributed by atoms with Gasteiger partial charge in [-0.25, -0.2) is 0 Å². The number of benzene rings is 1. The highest BCUT2D eigenvalue weighted by Crippen LogP contribution is 2.22. The van der Waals surface area contributed by atoms with Crippen LogP contribution in [-0.4, -0.2) is 11.2 Å². The first-order valence-electron chi connectivity index (χ1n) is 4.82. The second kappa shape index (κ2) is 5.33. The van der Waals surface area contributed by atoms with E-state index in [1.807, 2.05) is 39.0 Å². The van der Waals surface area contributed by atoms with Gasteiger partial charge in [0.15, 0.2) is 5.11 Å². The topological polar surface area (TPSA) is 24.1 Å². The summed E-state index contributed by atoms with van der Waals surface area (Å²) < 4.78 is 0. The minimum atomic E-state index is 0.314. The summed E-state index contributed by atoms with van der Waals surface area (Å²) in [5.74, 6) is 0. The molecular weight excluding hydrogens is 228 g/mol.